The average molecular weight is 403 g/mol. The number of hydrogen-bond donors (Lipinski definition) is 0. The Hall–Kier alpha value is -0.450. The van der Waals surface area contributed by atoms with Crippen molar-refractivity contribution in [1.29, 1.82) is 0 Å². The molecule has 2 aromatic rings. The molecular formula is C14H11Br2ClN2. The predicted molar refractivity (Wildman–Crippen MR) is 84.5 cm³/mol. The van der Waals surface area contributed by atoms with Crippen molar-refractivity contribution >= 4 is 43.5 Å². The molecule has 3 rings (SSSR count). The van der Waals surface area contributed by atoms with Gasteiger partial charge in [-0.25, -0.2) is 9.97 Å². The van der Waals surface area contributed by atoms with Crippen LogP contribution in [-0.2, 0) is 12.8 Å². The molecule has 5 heteroatoms. The second-order valence-corrected chi connectivity index (χ2v) is 6.67. The van der Waals surface area contributed by atoms with Gasteiger partial charge >= 0.3 is 0 Å². The summed E-state index contributed by atoms with van der Waals surface area (Å²) in [6.45, 7) is 0. The zero-order valence-electron chi connectivity index (χ0n) is 10.1. The van der Waals surface area contributed by atoms with Crippen LogP contribution in [0.15, 0.2) is 27.1 Å². The minimum atomic E-state index is 0.610. The maximum absolute atomic E-state index is 6.30. The quantitative estimate of drug-likeness (QED) is 0.613. The maximum atomic E-state index is 6.30. The molecule has 0 spiro atoms. The second kappa shape index (κ2) is 5.51. The molecule has 0 fully saturated rings. The van der Waals surface area contributed by atoms with E-state index in [4.69, 9.17) is 11.6 Å². The zero-order valence-corrected chi connectivity index (χ0v) is 14.0. The minimum Gasteiger partial charge on any atom is -0.233 e. The molecule has 0 aliphatic heterocycles. The van der Waals surface area contributed by atoms with Gasteiger partial charge in [0, 0.05) is 25.8 Å². The van der Waals surface area contributed by atoms with E-state index < -0.39 is 0 Å². The highest BCUT2D eigenvalue weighted by molar-refractivity contribution is 9.13. The van der Waals surface area contributed by atoms with E-state index in [9.17, 15) is 0 Å². The molecular weight excluding hydrogens is 391 g/mol. The average Bonchev–Trinajstić information content (AvgIpc) is 2.42. The molecule has 19 heavy (non-hydrogen) atoms. The SMILES string of the molecule is Clc1nc(-c2ccc(Br)c(Br)c2)nc2c1CCCC2. The number of benzene rings is 1. The molecule has 0 radical (unpaired) electrons. The molecule has 1 aromatic carbocycles. The van der Waals surface area contributed by atoms with Crippen molar-refractivity contribution < 1.29 is 0 Å². The van der Waals surface area contributed by atoms with Gasteiger partial charge < -0.3 is 0 Å². The monoisotopic (exact) mass is 400 g/mol. The van der Waals surface area contributed by atoms with E-state index in [1.54, 1.807) is 0 Å². The highest BCUT2D eigenvalue weighted by Crippen LogP contribution is 2.31. The zero-order chi connectivity index (χ0) is 13.4. The first-order valence-corrected chi connectivity index (χ1v) is 8.12. The van der Waals surface area contributed by atoms with Gasteiger partial charge in [-0.05, 0) is 75.7 Å². The van der Waals surface area contributed by atoms with Crippen LogP contribution in [0.25, 0.3) is 11.4 Å². The molecule has 0 saturated heterocycles. The topological polar surface area (TPSA) is 25.8 Å². The predicted octanol–water partition coefficient (Wildman–Crippen LogP) is 5.20. The molecule has 0 atom stereocenters. The summed E-state index contributed by atoms with van der Waals surface area (Å²) < 4.78 is 2.00. The normalized spacial score (nSPS) is 14.3. The van der Waals surface area contributed by atoms with Crippen molar-refractivity contribution in [3.63, 3.8) is 0 Å². The summed E-state index contributed by atoms with van der Waals surface area (Å²) in [5.74, 6) is 0.707. The Bertz CT molecular complexity index is 644. The van der Waals surface area contributed by atoms with Crippen molar-refractivity contribution in [1.82, 2.24) is 9.97 Å². The van der Waals surface area contributed by atoms with Crippen LogP contribution in [0.2, 0.25) is 5.15 Å². The molecule has 1 aliphatic carbocycles. The highest BCUT2D eigenvalue weighted by atomic mass is 79.9. The fraction of sp³-hybridized carbons (Fsp3) is 0.286. The molecule has 0 amide bonds. The van der Waals surface area contributed by atoms with Gasteiger partial charge in [0.25, 0.3) is 0 Å². The van der Waals surface area contributed by atoms with Gasteiger partial charge in [-0.15, -0.1) is 0 Å². The van der Waals surface area contributed by atoms with Crippen LogP contribution < -0.4 is 0 Å². The summed E-state index contributed by atoms with van der Waals surface area (Å²) in [6, 6.07) is 5.98. The Morgan fingerprint density at radius 2 is 1.79 bits per heavy atom. The number of aryl methyl sites for hydroxylation is 1. The molecule has 0 N–H and O–H groups in total. The second-order valence-electron chi connectivity index (χ2n) is 4.60. The molecule has 2 nitrogen and oxygen atoms in total. The molecule has 1 heterocycles. The summed E-state index contributed by atoms with van der Waals surface area (Å²) in [6.07, 6.45) is 4.36. The third kappa shape index (κ3) is 2.71. The first-order valence-electron chi connectivity index (χ1n) is 6.16. The van der Waals surface area contributed by atoms with Gasteiger partial charge in [0.2, 0.25) is 0 Å². The van der Waals surface area contributed by atoms with Gasteiger partial charge in [-0.3, -0.25) is 0 Å². The summed E-state index contributed by atoms with van der Waals surface area (Å²) in [5.41, 5.74) is 3.22. The smallest absolute Gasteiger partial charge is 0.161 e. The fourth-order valence-electron chi connectivity index (χ4n) is 2.31. The van der Waals surface area contributed by atoms with E-state index in [1.807, 2.05) is 18.2 Å². The van der Waals surface area contributed by atoms with E-state index in [0.29, 0.717) is 11.0 Å². The number of hydrogen-bond acceptors (Lipinski definition) is 2. The third-order valence-electron chi connectivity index (χ3n) is 3.31. The Balaban J connectivity index is 2.10. The number of aromatic nitrogens is 2. The highest BCUT2D eigenvalue weighted by Gasteiger charge is 2.17. The molecule has 1 aliphatic rings. The number of halogens is 3. The fourth-order valence-corrected chi connectivity index (χ4v) is 3.22. The molecule has 0 unspecified atom stereocenters. The first-order chi connectivity index (χ1) is 9.15. The van der Waals surface area contributed by atoms with Crippen LogP contribution in [-0.4, -0.2) is 9.97 Å². The summed E-state index contributed by atoms with van der Waals surface area (Å²) in [5, 5.41) is 0.610. The van der Waals surface area contributed by atoms with E-state index in [-0.39, 0.29) is 0 Å². The van der Waals surface area contributed by atoms with Gasteiger partial charge in [0.05, 0.1) is 0 Å². The lowest BCUT2D eigenvalue weighted by Gasteiger charge is -2.16. The lowest BCUT2D eigenvalue weighted by atomic mass is 9.97. The van der Waals surface area contributed by atoms with Crippen LogP contribution >= 0.6 is 43.5 Å². The van der Waals surface area contributed by atoms with Crippen molar-refractivity contribution in [3.05, 3.63) is 43.6 Å². The Labute approximate surface area is 133 Å². The van der Waals surface area contributed by atoms with Crippen molar-refractivity contribution in [2.75, 3.05) is 0 Å². The van der Waals surface area contributed by atoms with Gasteiger partial charge in [-0.2, -0.15) is 0 Å². The van der Waals surface area contributed by atoms with Crippen LogP contribution in [0.1, 0.15) is 24.1 Å². The van der Waals surface area contributed by atoms with E-state index in [0.717, 1.165) is 38.6 Å². The van der Waals surface area contributed by atoms with E-state index in [2.05, 4.69) is 41.8 Å². The van der Waals surface area contributed by atoms with Crippen molar-refractivity contribution in [3.8, 4) is 11.4 Å². The van der Waals surface area contributed by atoms with Crippen LogP contribution in [0, 0.1) is 0 Å². The summed E-state index contributed by atoms with van der Waals surface area (Å²) in [4.78, 5) is 9.13. The molecule has 98 valence electrons. The largest absolute Gasteiger partial charge is 0.233 e. The number of rotatable bonds is 1. The van der Waals surface area contributed by atoms with Crippen LogP contribution in [0.3, 0.4) is 0 Å². The lowest BCUT2D eigenvalue weighted by Crippen LogP contribution is -2.08. The van der Waals surface area contributed by atoms with Crippen LogP contribution in [0.5, 0.6) is 0 Å². The Kier molecular flexibility index (Phi) is 3.92. The molecule has 0 saturated carbocycles. The number of fused-ring (bicyclic) bond motifs is 1. The van der Waals surface area contributed by atoms with Crippen LogP contribution in [0.4, 0.5) is 0 Å². The first kappa shape index (κ1) is 13.5. The minimum absolute atomic E-state index is 0.610. The van der Waals surface area contributed by atoms with E-state index in [1.165, 1.54) is 12.8 Å². The molecule has 1 aromatic heterocycles. The summed E-state index contributed by atoms with van der Waals surface area (Å²) >= 11 is 13.3. The standard InChI is InChI=1S/C14H11Br2ClN2/c15-10-6-5-8(7-11(10)16)14-18-12-4-2-1-3-9(12)13(17)19-14/h5-7H,1-4H2. The Morgan fingerprint density at radius 1 is 1.00 bits per heavy atom. The Morgan fingerprint density at radius 3 is 2.58 bits per heavy atom. The van der Waals surface area contributed by atoms with Gasteiger partial charge in [0.1, 0.15) is 5.15 Å². The summed E-state index contributed by atoms with van der Waals surface area (Å²) in [7, 11) is 0. The van der Waals surface area contributed by atoms with Crippen molar-refractivity contribution in [2.45, 2.75) is 25.7 Å². The maximum Gasteiger partial charge on any atom is 0.161 e. The molecule has 0 bridgehead atoms. The van der Waals surface area contributed by atoms with E-state index >= 15 is 0 Å². The third-order valence-corrected chi connectivity index (χ3v) is 5.50. The van der Waals surface area contributed by atoms with Gasteiger partial charge in [0.15, 0.2) is 5.82 Å². The lowest BCUT2D eigenvalue weighted by molar-refractivity contribution is 0.663. The number of nitrogens with zero attached hydrogens (tertiary/aromatic N) is 2. The van der Waals surface area contributed by atoms with Gasteiger partial charge in [-0.1, -0.05) is 11.6 Å². The van der Waals surface area contributed by atoms with Crippen molar-refractivity contribution in [2.24, 2.45) is 0 Å².